The molecule has 5 heterocycles. The zero-order valence-electron chi connectivity index (χ0n) is 15.7. The maximum atomic E-state index is 12.5. The molecule has 0 bridgehead atoms. The van der Waals surface area contributed by atoms with Gasteiger partial charge in [0.15, 0.2) is 0 Å². The molecule has 2 fully saturated rings. The molecule has 9 nitrogen and oxygen atoms in total. The molecule has 1 N–H and O–H groups in total. The van der Waals surface area contributed by atoms with Gasteiger partial charge in [-0.25, -0.2) is 14.2 Å². The van der Waals surface area contributed by atoms with E-state index in [1.165, 1.54) is 17.7 Å². The standard InChI is InChI=1S/C18H21N5O4S2/c24-17(11-7-19-28-10-11)27-13-8-23(9-13)18-21-14-3-6-29(25)15(14)16(22-18)20-12-1-4-26-5-2-12/h7,10,12-13H,1-6,8-9H2,(H,20,21,22). The number of aryl methyl sites for hydroxylation is 1. The van der Waals surface area contributed by atoms with E-state index >= 15 is 0 Å². The van der Waals surface area contributed by atoms with Crippen LogP contribution in [0.25, 0.3) is 0 Å². The van der Waals surface area contributed by atoms with E-state index in [1.807, 2.05) is 4.90 Å². The molecule has 1 atom stereocenters. The SMILES string of the molecule is O=C(OC1CN(c2nc3c(c(NC4CCOCC4)n2)S(=O)CC3)C1)c1cnsc1. The predicted molar refractivity (Wildman–Crippen MR) is 108 cm³/mol. The van der Waals surface area contributed by atoms with Crippen molar-refractivity contribution in [2.45, 2.75) is 36.3 Å². The van der Waals surface area contributed by atoms with Gasteiger partial charge in [0.25, 0.3) is 0 Å². The van der Waals surface area contributed by atoms with Gasteiger partial charge >= 0.3 is 5.97 Å². The number of nitrogens with one attached hydrogen (secondary N) is 1. The van der Waals surface area contributed by atoms with Crippen molar-refractivity contribution >= 4 is 40.1 Å². The second kappa shape index (κ2) is 7.96. The Kier molecular flexibility index (Phi) is 5.18. The lowest BCUT2D eigenvalue weighted by Crippen LogP contribution is -2.53. The fourth-order valence-electron chi connectivity index (χ4n) is 3.66. The van der Waals surface area contributed by atoms with Crippen LogP contribution in [0.15, 0.2) is 16.5 Å². The first-order valence-electron chi connectivity index (χ1n) is 9.66. The van der Waals surface area contributed by atoms with Crippen molar-refractivity contribution in [3.05, 3.63) is 22.8 Å². The topological polar surface area (TPSA) is 107 Å². The molecule has 3 aliphatic rings. The van der Waals surface area contributed by atoms with Crippen LogP contribution in [-0.2, 0) is 26.7 Å². The number of carbonyl (C=O) groups excluding carboxylic acids is 1. The van der Waals surface area contributed by atoms with Crippen LogP contribution in [0.5, 0.6) is 0 Å². The van der Waals surface area contributed by atoms with E-state index in [-0.39, 0.29) is 18.1 Å². The summed E-state index contributed by atoms with van der Waals surface area (Å²) in [4.78, 5) is 24.1. The lowest BCUT2D eigenvalue weighted by molar-refractivity contribution is 0.0231. The van der Waals surface area contributed by atoms with Gasteiger partial charge in [0.05, 0.1) is 41.3 Å². The van der Waals surface area contributed by atoms with Gasteiger partial charge in [0.2, 0.25) is 5.95 Å². The van der Waals surface area contributed by atoms with Crippen LogP contribution in [0.2, 0.25) is 0 Å². The monoisotopic (exact) mass is 435 g/mol. The molecule has 2 aromatic rings. The number of nitrogens with zero attached hydrogens (tertiary/aromatic N) is 4. The molecule has 0 radical (unpaired) electrons. The highest BCUT2D eigenvalue weighted by Crippen LogP contribution is 2.32. The molecule has 0 aliphatic carbocycles. The van der Waals surface area contributed by atoms with Gasteiger partial charge in [0.1, 0.15) is 16.8 Å². The molecular weight excluding hydrogens is 414 g/mol. The molecule has 1 unspecified atom stereocenters. The van der Waals surface area contributed by atoms with Gasteiger partial charge < -0.3 is 19.7 Å². The third-order valence-electron chi connectivity index (χ3n) is 5.31. The van der Waals surface area contributed by atoms with Crippen LogP contribution in [0, 0.1) is 0 Å². The number of rotatable bonds is 5. The minimum absolute atomic E-state index is 0.194. The third kappa shape index (κ3) is 3.86. The van der Waals surface area contributed by atoms with E-state index in [0.29, 0.717) is 42.6 Å². The van der Waals surface area contributed by atoms with Gasteiger partial charge in [-0.05, 0) is 24.4 Å². The van der Waals surface area contributed by atoms with Crippen molar-refractivity contribution in [1.82, 2.24) is 14.3 Å². The highest BCUT2D eigenvalue weighted by atomic mass is 32.2. The Labute approximate surface area is 174 Å². The number of hydrogen-bond acceptors (Lipinski definition) is 10. The van der Waals surface area contributed by atoms with Crippen LogP contribution in [0.3, 0.4) is 0 Å². The van der Waals surface area contributed by atoms with Crippen LogP contribution >= 0.6 is 11.5 Å². The average Bonchev–Trinajstić information content (AvgIpc) is 3.35. The summed E-state index contributed by atoms with van der Waals surface area (Å²) in [5, 5.41) is 5.15. The molecule has 5 rings (SSSR count). The number of anilines is 2. The van der Waals surface area contributed by atoms with Crippen molar-refractivity contribution in [2.24, 2.45) is 0 Å². The lowest BCUT2D eigenvalue weighted by Gasteiger charge is -2.38. The Morgan fingerprint density at radius 3 is 2.90 bits per heavy atom. The van der Waals surface area contributed by atoms with E-state index in [2.05, 4.69) is 14.7 Å². The van der Waals surface area contributed by atoms with Crippen LogP contribution < -0.4 is 10.2 Å². The Morgan fingerprint density at radius 1 is 1.31 bits per heavy atom. The Bertz CT molecular complexity index is 927. The summed E-state index contributed by atoms with van der Waals surface area (Å²) in [6.45, 7) is 2.53. The summed E-state index contributed by atoms with van der Waals surface area (Å²) in [6.07, 6.45) is 3.82. The van der Waals surface area contributed by atoms with Crippen molar-refractivity contribution in [1.29, 1.82) is 0 Å². The Morgan fingerprint density at radius 2 is 2.14 bits per heavy atom. The van der Waals surface area contributed by atoms with Gasteiger partial charge in [-0.15, -0.1) is 0 Å². The smallest absolute Gasteiger partial charge is 0.341 e. The van der Waals surface area contributed by atoms with Gasteiger partial charge in [-0.1, -0.05) is 0 Å². The summed E-state index contributed by atoms with van der Waals surface area (Å²) in [5.41, 5.74) is 1.33. The minimum atomic E-state index is -1.06. The molecule has 29 heavy (non-hydrogen) atoms. The first kappa shape index (κ1) is 18.9. The molecule has 0 saturated carbocycles. The number of carbonyl (C=O) groups is 1. The van der Waals surface area contributed by atoms with E-state index in [4.69, 9.17) is 14.5 Å². The molecule has 0 aromatic carbocycles. The third-order valence-corrected chi connectivity index (χ3v) is 7.36. The van der Waals surface area contributed by atoms with E-state index < -0.39 is 10.8 Å². The Hall–Kier alpha value is -2.11. The molecule has 2 aromatic heterocycles. The molecule has 154 valence electrons. The van der Waals surface area contributed by atoms with Crippen LogP contribution in [-0.4, -0.2) is 68.7 Å². The maximum Gasteiger partial charge on any atom is 0.341 e. The number of aromatic nitrogens is 3. The second-order valence-corrected chi connectivity index (χ2v) is 9.49. The molecule has 3 aliphatic heterocycles. The van der Waals surface area contributed by atoms with Gasteiger partial charge in [0, 0.05) is 36.8 Å². The Balaban J connectivity index is 1.29. The molecule has 11 heteroatoms. The second-order valence-electron chi connectivity index (χ2n) is 7.32. The van der Waals surface area contributed by atoms with Crippen LogP contribution in [0.4, 0.5) is 11.8 Å². The van der Waals surface area contributed by atoms with Crippen LogP contribution in [0.1, 0.15) is 28.9 Å². The predicted octanol–water partition coefficient (Wildman–Crippen LogP) is 1.23. The highest BCUT2D eigenvalue weighted by molar-refractivity contribution is 7.85. The summed E-state index contributed by atoms with van der Waals surface area (Å²) in [7, 11) is -1.06. The quantitative estimate of drug-likeness (QED) is 0.694. The van der Waals surface area contributed by atoms with Crippen molar-refractivity contribution < 1.29 is 18.5 Å². The molecule has 0 amide bonds. The number of ether oxygens (including phenoxy) is 2. The van der Waals surface area contributed by atoms with E-state index in [1.54, 1.807) is 5.38 Å². The van der Waals surface area contributed by atoms with Crippen molar-refractivity contribution in [3.63, 3.8) is 0 Å². The zero-order valence-corrected chi connectivity index (χ0v) is 17.3. The number of esters is 1. The van der Waals surface area contributed by atoms with Crippen molar-refractivity contribution in [2.75, 3.05) is 42.3 Å². The lowest BCUT2D eigenvalue weighted by atomic mass is 10.1. The summed E-state index contributed by atoms with van der Waals surface area (Å²) >= 11 is 1.22. The zero-order chi connectivity index (χ0) is 19.8. The summed E-state index contributed by atoms with van der Waals surface area (Å²) in [6, 6.07) is 0.262. The van der Waals surface area contributed by atoms with Crippen molar-refractivity contribution in [3.8, 4) is 0 Å². The fourth-order valence-corrected chi connectivity index (χ4v) is 5.48. The van der Waals surface area contributed by atoms with Gasteiger partial charge in [-0.3, -0.25) is 4.21 Å². The maximum absolute atomic E-state index is 12.5. The first-order valence-corrected chi connectivity index (χ1v) is 11.8. The summed E-state index contributed by atoms with van der Waals surface area (Å²) in [5.74, 6) is 1.51. The largest absolute Gasteiger partial charge is 0.455 e. The summed E-state index contributed by atoms with van der Waals surface area (Å²) < 4.78 is 27.3. The number of hydrogen-bond donors (Lipinski definition) is 1. The number of fused-ring (bicyclic) bond motifs is 1. The highest BCUT2D eigenvalue weighted by Gasteiger charge is 2.35. The average molecular weight is 436 g/mol. The molecule has 2 saturated heterocycles. The molecular formula is C18H21N5O4S2. The normalized spacial score (nSPS) is 22.2. The van der Waals surface area contributed by atoms with Gasteiger partial charge in [-0.2, -0.15) is 4.98 Å². The van der Waals surface area contributed by atoms with E-state index in [9.17, 15) is 9.00 Å². The first-order chi connectivity index (χ1) is 14.2. The van der Waals surface area contributed by atoms with E-state index in [0.717, 1.165) is 36.6 Å². The minimum Gasteiger partial charge on any atom is -0.455 e. The fraction of sp³-hybridized carbons (Fsp3) is 0.556. The molecule has 0 spiro atoms.